The van der Waals surface area contributed by atoms with Gasteiger partial charge in [-0.15, -0.1) is 0 Å². The highest BCUT2D eigenvalue weighted by atomic mass is 15.3. The lowest BCUT2D eigenvalue weighted by Gasteiger charge is -2.44. The van der Waals surface area contributed by atoms with Gasteiger partial charge in [0.05, 0.1) is 0 Å². The van der Waals surface area contributed by atoms with E-state index < -0.39 is 0 Å². The van der Waals surface area contributed by atoms with Crippen molar-refractivity contribution in [2.45, 2.75) is 57.7 Å². The minimum Gasteiger partial charge on any atom is -0.317 e. The van der Waals surface area contributed by atoms with Crippen LogP contribution in [0.3, 0.4) is 0 Å². The van der Waals surface area contributed by atoms with Crippen molar-refractivity contribution >= 4 is 0 Å². The average Bonchev–Trinajstić information content (AvgIpc) is 2.39. The molecule has 0 spiro atoms. The van der Waals surface area contributed by atoms with Crippen molar-refractivity contribution in [1.82, 2.24) is 15.1 Å². The Balaban J connectivity index is 1.80. The number of nitrogens with zero attached hydrogens (tertiary/aromatic N) is 2. The zero-order valence-corrected chi connectivity index (χ0v) is 11.8. The fourth-order valence-corrected chi connectivity index (χ4v) is 3.55. The monoisotopic (exact) mass is 239 g/mol. The van der Waals surface area contributed by atoms with E-state index in [4.69, 9.17) is 0 Å². The van der Waals surface area contributed by atoms with Gasteiger partial charge in [0.1, 0.15) is 0 Å². The zero-order valence-electron chi connectivity index (χ0n) is 11.8. The van der Waals surface area contributed by atoms with Gasteiger partial charge in [-0.05, 0) is 46.2 Å². The van der Waals surface area contributed by atoms with Crippen molar-refractivity contribution in [3.05, 3.63) is 0 Å². The summed E-state index contributed by atoms with van der Waals surface area (Å²) in [6.07, 6.45) is 5.52. The standard InChI is InChI=1S/C14H29N3/c1-4-16-9-10-17(11-12(16)2)14-7-5-13(15-3)6-8-14/h12-15H,4-11H2,1-3H3. The van der Waals surface area contributed by atoms with Gasteiger partial charge in [-0.25, -0.2) is 0 Å². The van der Waals surface area contributed by atoms with E-state index in [0.29, 0.717) is 0 Å². The second kappa shape index (κ2) is 6.17. The van der Waals surface area contributed by atoms with Crippen LogP contribution in [0.5, 0.6) is 0 Å². The second-order valence-electron chi connectivity index (χ2n) is 5.77. The molecule has 0 radical (unpaired) electrons. The summed E-state index contributed by atoms with van der Waals surface area (Å²) >= 11 is 0. The molecule has 2 aliphatic rings. The number of likely N-dealkylation sites (N-methyl/N-ethyl adjacent to an activating group) is 1. The van der Waals surface area contributed by atoms with Gasteiger partial charge in [0.15, 0.2) is 0 Å². The first-order valence-electron chi connectivity index (χ1n) is 7.40. The van der Waals surface area contributed by atoms with Gasteiger partial charge in [-0.3, -0.25) is 9.80 Å². The van der Waals surface area contributed by atoms with Crippen LogP contribution in [-0.2, 0) is 0 Å². The van der Waals surface area contributed by atoms with Gasteiger partial charge >= 0.3 is 0 Å². The lowest BCUT2D eigenvalue weighted by molar-refractivity contribution is 0.0434. The highest BCUT2D eigenvalue weighted by molar-refractivity contribution is 4.87. The molecule has 1 atom stereocenters. The Bertz CT molecular complexity index is 224. The van der Waals surface area contributed by atoms with E-state index in [2.05, 4.69) is 36.0 Å². The van der Waals surface area contributed by atoms with Crippen LogP contribution in [0.25, 0.3) is 0 Å². The Morgan fingerprint density at radius 3 is 2.35 bits per heavy atom. The Labute approximate surface area is 107 Å². The Morgan fingerprint density at radius 1 is 1.12 bits per heavy atom. The maximum atomic E-state index is 3.43. The van der Waals surface area contributed by atoms with Crippen molar-refractivity contribution in [3.63, 3.8) is 0 Å². The summed E-state index contributed by atoms with van der Waals surface area (Å²) in [5.41, 5.74) is 0. The molecule has 1 N–H and O–H groups in total. The summed E-state index contributed by atoms with van der Waals surface area (Å²) in [5, 5.41) is 3.43. The van der Waals surface area contributed by atoms with E-state index in [1.54, 1.807) is 0 Å². The summed E-state index contributed by atoms with van der Waals surface area (Å²) < 4.78 is 0. The van der Waals surface area contributed by atoms with Crippen LogP contribution in [0.15, 0.2) is 0 Å². The molecule has 0 aromatic carbocycles. The summed E-state index contributed by atoms with van der Waals surface area (Å²) in [6, 6.07) is 2.39. The molecule has 0 aromatic rings. The molecule has 1 saturated heterocycles. The second-order valence-corrected chi connectivity index (χ2v) is 5.77. The average molecular weight is 239 g/mol. The quantitative estimate of drug-likeness (QED) is 0.806. The third-order valence-corrected chi connectivity index (χ3v) is 4.82. The molecular formula is C14H29N3. The van der Waals surface area contributed by atoms with Crippen LogP contribution in [-0.4, -0.2) is 61.2 Å². The van der Waals surface area contributed by atoms with Crippen LogP contribution in [0.1, 0.15) is 39.5 Å². The van der Waals surface area contributed by atoms with E-state index in [9.17, 15) is 0 Å². The minimum atomic E-state index is 0.746. The molecule has 1 saturated carbocycles. The molecule has 1 unspecified atom stereocenters. The SMILES string of the molecule is CCN1CCN(C2CCC(NC)CC2)CC1C. The van der Waals surface area contributed by atoms with E-state index >= 15 is 0 Å². The molecule has 3 nitrogen and oxygen atoms in total. The maximum Gasteiger partial charge on any atom is 0.0195 e. The minimum absolute atomic E-state index is 0.746. The van der Waals surface area contributed by atoms with Gasteiger partial charge in [-0.2, -0.15) is 0 Å². The Morgan fingerprint density at radius 2 is 1.82 bits per heavy atom. The fourth-order valence-electron chi connectivity index (χ4n) is 3.55. The van der Waals surface area contributed by atoms with E-state index in [-0.39, 0.29) is 0 Å². The first-order chi connectivity index (χ1) is 8.24. The number of nitrogens with one attached hydrogen (secondary N) is 1. The van der Waals surface area contributed by atoms with Gasteiger partial charge in [0.2, 0.25) is 0 Å². The summed E-state index contributed by atoms with van der Waals surface area (Å²) in [5.74, 6) is 0. The molecule has 100 valence electrons. The molecule has 2 rings (SSSR count). The topological polar surface area (TPSA) is 18.5 Å². The third-order valence-electron chi connectivity index (χ3n) is 4.82. The van der Waals surface area contributed by atoms with Crippen molar-refractivity contribution < 1.29 is 0 Å². The zero-order chi connectivity index (χ0) is 12.3. The van der Waals surface area contributed by atoms with Crippen molar-refractivity contribution in [1.29, 1.82) is 0 Å². The summed E-state index contributed by atoms with van der Waals surface area (Å²) in [6.45, 7) is 9.71. The first-order valence-corrected chi connectivity index (χ1v) is 7.40. The molecule has 0 aromatic heterocycles. The largest absolute Gasteiger partial charge is 0.317 e. The first kappa shape index (κ1) is 13.3. The summed E-state index contributed by atoms with van der Waals surface area (Å²) in [7, 11) is 2.10. The predicted molar refractivity (Wildman–Crippen MR) is 73.4 cm³/mol. The highest BCUT2D eigenvalue weighted by Gasteiger charge is 2.30. The smallest absolute Gasteiger partial charge is 0.0195 e. The van der Waals surface area contributed by atoms with Crippen LogP contribution >= 0.6 is 0 Å². The van der Waals surface area contributed by atoms with Gasteiger partial charge < -0.3 is 5.32 Å². The highest BCUT2D eigenvalue weighted by Crippen LogP contribution is 2.25. The molecule has 17 heavy (non-hydrogen) atoms. The molecule has 3 heteroatoms. The lowest BCUT2D eigenvalue weighted by Crippen LogP contribution is -2.55. The van der Waals surface area contributed by atoms with E-state index in [0.717, 1.165) is 18.1 Å². The predicted octanol–water partition coefficient (Wildman–Crippen LogP) is 1.54. The van der Waals surface area contributed by atoms with Crippen LogP contribution in [0.2, 0.25) is 0 Å². The normalized spacial score (nSPS) is 37.2. The van der Waals surface area contributed by atoms with Crippen molar-refractivity contribution in [3.8, 4) is 0 Å². The molecular weight excluding hydrogens is 210 g/mol. The molecule has 1 heterocycles. The van der Waals surface area contributed by atoms with Gasteiger partial charge in [-0.1, -0.05) is 6.92 Å². The van der Waals surface area contributed by atoms with E-state index in [1.807, 2.05) is 0 Å². The van der Waals surface area contributed by atoms with Gasteiger partial charge in [0, 0.05) is 37.8 Å². The molecule has 1 aliphatic carbocycles. The number of hydrogen-bond donors (Lipinski definition) is 1. The Kier molecular flexibility index (Phi) is 4.83. The number of rotatable bonds is 3. The van der Waals surface area contributed by atoms with Crippen molar-refractivity contribution in [2.24, 2.45) is 0 Å². The molecule has 0 bridgehead atoms. The van der Waals surface area contributed by atoms with Crippen LogP contribution < -0.4 is 5.32 Å². The fraction of sp³-hybridized carbons (Fsp3) is 1.00. The van der Waals surface area contributed by atoms with Crippen LogP contribution in [0, 0.1) is 0 Å². The van der Waals surface area contributed by atoms with E-state index in [1.165, 1.54) is 51.9 Å². The van der Waals surface area contributed by atoms with Gasteiger partial charge in [0.25, 0.3) is 0 Å². The molecule has 1 aliphatic heterocycles. The maximum absolute atomic E-state index is 3.43. The van der Waals surface area contributed by atoms with Crippen LogP contribution in [0.4, 0.5) is 0 Å². The molecule has 2 fully saturated rings. The third kappa shape index (κ3) is 3.21. The number of hydrogen-bond acceptors (Lipinski definition) is 3. The summed E-state index contributed by atoms with van der Waals surface area (Å²) in [4.78, 5) is 5.36. The Hall–Kier alpha value is -0.120. The number of piperazine rings is 1. The lowest BCUT2D eigenvalue weighted by atomic mass is 9.89. The molecule has 0 amide bonds. The van der Waals surface area contributed by atoms with Crippen molar-refractivity contribution in [2.75, 3.05) is 33.2 Å².